The Morgan fingerprint density at radius 3 is 2.02 bits per heavy atom. The number of aliphatic hydroxyl groups is 1. The molecule has 0 bridgehead atoms. The summed E-state index contributed by atoms with van der Waals surface area (Å²) in [5.41, 5.74) is 5.41. The van der Waals surface area contributed by atoms with Gasteiger partial charge in [0.15, 0.2) is 0 Å². The van der Waals surface area contributed by atoms with Gasteiger partial charge >= 0.3 is 12.2 Å². The first-order valence-electron chi connectivity index (χ1n) is 17.5. The second-order valence-electron chi connectivity index (χ2n) is 15.3. The number of nitrogens with zero attached hydrogens (tertiary/aromatic N) is 2. The molecule has 1 aliphatic carbocycles. The van der Waals surface area contributed by atoms with E-state index in [4.69, 9.17) is 4.74 Å². The molecule has 4 amide bonds. The van der Waals surface area contributed by atoms with Crippen LogP contribution < -0.4 is 16.1 Å². The highest BCUT2D eigenvalue weighted by Crippen LogP contribution is 2.46. The van der Waals surface area contributed by atoms with Crippen LogP contribution in [0.3, 0.4) is 0 Å². The van der Waals surface area contributed by atoms with Crippen LogP contribution in [0, 0.1) is 16.7 Å². The Morgan fingerprint density at radius 1 is 0.904 bits per heavy atom. The Hall–Kier alpha value is -4.94. The van der Waals surface area contributed by atoms with Crippen molar-refractivity contribution in [3.05, 3.63) is 96.1 Å². The van der Waals surface area contributed by atoms with Crippen LogP contribution in [0.25, 0.3) is 11.1 Å². The van der Waals surface area contributed by atoms with Crippen molar-refractivity contribution in [2.24, 2.45) is 16.7 Å². The largest absolute Gasteiger partial charge is 0.465 e. The number of hydrogen-bond donors (Lipinski definition) is 5. The van der Waals surface area contributed by atoms with E-state index in [9.17, 15) is 29.4 Å². The van der Waals surface area contributed by atoms with Crippen molar-refractivity contribution >= 4 is 24.0 Å². The van der Waals surface area contributed by atoms with Crippen LogP contribution >= 0.6 is 0 Å². The molecule has 0 spiro atoms. The van der Waals surface area contributed by atoms with Crippen molar-refractivity contribution in [3.8, 4) is 11.1 Å². The first kappa shape index (κ1) is 39.8. The first-order chi connectivity index (χ1) is 24.5. The van der Waals surface area contributed by atoms with Crippen molar-refractivity contribution in [2.75, 3.05) is 20.7 Å². The predicted octanol–water partition coefficient (Wildman–Crippen LogP) is 5.07. The minimum atomic E-state index is -1.24. The summed E-state index contributed by atoms with van der Waals surface area (Å²) < 4.78 is 4.75. The highest BCUT2D eigenvalue weighted by molar-refractivity contribution is 5.85. The number of nitrogens with one attached hydrogen (secondary N) is 3. The lowest BCUT2D eigenvalue weighted by Crippen LogP contribution is -2.64. The van der Waals surface area contributed by atoms with Crippen molar-refractivity contribution in [1.82, 2.24) is 26.0 Å². The van der Waals surface area contributed by atoms with E-state index in [-0.39, 0.29) is 25.0 Å². The van der Waals surface area contributed by atoms with Crippen LogP contribution in [0.4, 0.5) is 9.59 Å². The van der Waals surface area contributed by atoms with Gasteiger partial charge in [-0.1, -0.05) is 120 Å². The van der Waals surface area contributed by atoms with Crippen molar-refractivity contribution in [2.45, 2.75) is 78.2 Å². The van der Waals surface area contributed by atoms with Crippen molar-refractivity contribution in [1.29, 1.82) is 0 Å². The summed E-state index contributed by atoms with van der Waals surface area (Å²) in [6.07, 6.45) is -2.24. The number of carboxylic acid groups (broad SMARTS) is 1. The summed E-state index contributed by atoms with van der Waals surface area (Å²) in [4.78, 5) is 52.5. The van der Waals surface area contributed by atoms with Crippen LogP contribution in [0.1, 0.15) is 52.2 Å². The summed E-state index contributed by atoms with van der Waals surface area (Å²) in [5, 5.41) is 29.1. The molecule has 52 heavy (non-hydrogen) atoms. The van der Waals surface area contributed by atoms with Gasteiger partial charge < -0.3 is 25.6 Å². The number of ether oxygens (including phenoxy) is 1. The van der Waals surface area contributed by atoms with Gasteiger partial charge in [0.2, 0.25) is 5.91 Å². The van der Waals surface area contributed by atoms with E-state index in [1.165, 1.54) is 14.2 Å². The van der Waals surface area contributed by atoms with E-state index < -0.39 is 53.0 Å². The summed E-state index contributed by atoms with van der Waals surface area (Å²) in [6.45, 7) is 9.28. The number of aliphatic hydroxyl groups excluding tert-OH is 1. The number of carbonyl (C=O) groups excluding carboxylic acids is 3. The molecule has 4 rings (SSSR count). The number of benzene rings is 3. The third kappa shape index (κ3) is 10.1. The van der Waals surface area contributed by atoms with E-state index in [0.717, 1.165) is 27.2 Å². The van der Waals surface area contributed by atoms with Crippen LogP contribution in [-0.2, 0) is 27.3 Å². The molecular weight excluding hydrogens is 662 g/mol. The molecule has 0 aliphatic heterocycles. The molecular formula is C40H53N5O7. The molecule has 3 aromatic rings. The van der Waals surface area contributed by atoms with Gasteiger partial charge in [-0.25, -0.2) is 14.6 Å². The maximum Gasteiger partial charge on any atom is 0.407 e. The van der Waals surface area contributed by atoms with Crippen LogP contribution in [0.15, 0.2) is 84.9 Å². The number of hydrogen-bond acceptors (Lipinski definition) is 7. The average Bonchev–Trinajstić information content (AvgIpc) is 3.09. The zero-order valence-electron chi connectivity index (χ0n) is 31.1. The Balaban J connectivity index is 1.60. The molecule has 1 aliphatic rings. The fourth-order valence-corrected chi connectivity index (χ4v) is 6.89. The molecule has 280 valence electrons. The molecule has 12 heteroatoms. The van der Waals surface area contributed by atoms with Gasteiger partial charge in [0.25, 0.3) is 5.91 Å². The monoisotopic (exact) mass is 715 g/mol. The Kier molecular flexibility index (Phi) is 13.1. The smallest absolute Gasteiger partial charge is 0.407 e. The minimum absolute atomic E-state index is 0.0851. The summed E-state index contributed by atoms with van der Waals surface area (Å²) in [5.74, 6) is -1.23. The number of methoxy groups -OCH3 is 1. The van der Waals surface area contributed by atoms with Gasteiger partial charge in [-0.15, -0.1) is 0 Å². The van der Waals surface area contributed by atoms with Gasteiger partial charge in [-0.05, 0) is 45.9 Å². The number of alkyl carbamates (subject to hydrolysis) is 1. The Bertz CT molecular complexity index is 1660. The average molecular weight is 716 g/mol. The molecule has 12 nitrogen and oxygen atoms in total. The van der Waals surface area contributed by atoms with Crippen molar-refractivity contribution in [3.63, 3.8) is 0 Å². The summed E-state index contributed by atoms with van der Waals surface area (Å²) in [7, 11) is 2.65. The van der Waals surface area contributed by atoms with E-state index in [0.29, 0.717) is 12.8 Å². The molecule has 0 radical (unpaired) electrons. The maximum atomic E-state index is 13.9. The first-order valence-corrected chi connectivity index (χ1v) is 17.5. The second-order valence-corrected chi connectivity index (χ2v) is 15.3. The van der Waals surface area contributed by atoms with Gasteiger partial charge in [0.1, 0.15) is 6.04 Å². The topological polar surface area (TPSA) is 161 Å². The highest BCUT2D eigenvalue weighted by Gasteiger charge is 2.53. The fourth-order valence-electron chi connectivity index (χ4n) is 6.89. The van der Waals surface area contributed by atoms with E-state index >= 15 is 0 Å². The standard InChI is InChI=1S/C40H53N5O7/c1-39(2,3)34(44(6)38(50)51)36(48)43-45(24-27-18-20-29(21-19-27)28-16-12-9-13-17-28)25-32(46)31(22-26-14-10-8-11-15-26)41-35(47)30-23-33(40(30,4)5)42-37(49)52-7/h8-21,30-34,46H,22-25H2,1-7H3,(H,41,47)(H,42,49)(H,43,48)(H,50,51)/t30-,31-,32-,33-,34+/m0/s1. The molecule has 0 aromatic heterocycles. The summed E-state index contributed by atoms with van der Waals surface area (Å²) >= 11 is 0. The Labute approximate surface area is 306 Å². The number of hydrazine groups is 1. The molecule has 1 saturated carbocycles. The lowest BCUT2D eigenvalue weighted by molar-refractivity contribution is -0.140. The van der Waals surface area contributed by atoms with Crippen LogP contribution in [-0.4, -0.2) is 89.1 Å². The van der Waals surface area contributed by atoms with Gasteiger partial charge in [-0.2, -0.15) is 0 Å². The molecule has 1 fully saturated rings. The number of likely N-dealkylation sites (N-methyl/N-ethyl adjacent to an activating group) is 1. The SMILES string of the molecule is COC(=O)N[C@H]1C[C@@H](C(=O)N[C@@H](Cc2ccccc2)[C@@H](O)CN(Cc2ccc(-c3ccccc3)cc2)NC(=O)[C@@H](N(C)C(=O)O)C(C)(C)C)C1(C)C. The lowest BCUT2D eigenvalue weighted by Gasteiger charge is -2.51. The van der Waals surface area contributed by atoms with Gasteiger partial charge in [0, 0.05) is 32.1 Å². The Morgan fingerprint density at radius 2 is 1.48 bits per heavy atom. The number of carbonyl (C=O) groups is 4. The third-order valence-corrected chi connectivity index (χ3v) is 10.0. The number of amides is 4. The predicted molar refractivity (Wildman–Crippen MR) is 199 cm³/mol. The third-order valence-electron chi connectivity index (χ3n) is 10.0. The zero-order chi connectivity index (χ0) is 38.2. The second kappa shape index (κ2) is 17.1. The van der Waals surface area contributed by atoms with E-state index in [2.05, 4.69) is 16.1 Å². The fraction of sp³-hybridized carbons (Fsp3) is 0.450. The summed E-state index contributed by atoms with van der Waals surface area (Å²) in [6, 6.07) is 25.2. The molecule has 0 saturated heterocycles. The minimum Gasteiger partial charge on any atom is -0.465 e. The number of rotatable bonds is 14. The van der Waals surface area contributed by atoms with Crippen LogP contribution in [0.2, 0.25) is 0 Å². The molecule has 5 atom stereocenters. The van der Waals surface area contributed by atoms with Crippen LogP contribution in [0.5, 0.6) is 0 Å². The highest BCUT2D eigenvalue weighted by atomic mass is 16.5. The van der Waals surface area contributed by atoms with Crippen molar-refractivity contribution < 1.29 is 34.1 Å². The zero-order valence-corrected chi connectivity index (χ0v) is 31.1. The molecule has 3 aromatic carbocycles. The van der Waals surface area contributed by atoms with E-state index in [1.807, 2.05) is 98.8 Å². The molecule has 0 unspecified atom stereocenters. The lowest BCUT2D eigenvalue weighted by atomic mass is 9.58. The quantitative estimate of drug-likeness (QED) is 0.145. The van der Waals surface area contributed by atoms with Gasteiger partial charge in [0.05, 0.1) is 19.3 Å². The van der Waals surface area contributed by atoms with Gasteiger partial charge in [-0.3, -0.25) is 19.9 Å². The maximum absolute atomic E-state index is 13.9. The molecule has 0 heterocycles. The van der Waals surface area contributed by atoms with E-state index in [1.54, 1.807) is 25.8 Å². The normalized spacial score (nSPS) is 18.2. The molecule has 5 N–H and O–H groups in total.